The van der Waals surface area contributed by atoms with E-state index in [9.17, 15) is 4.79 Å². The molecule has 19 heavy (non-hydrogen) atoms. The van der Waals surface area contributed by atoms with Gasteiger partial charge in [-0.15, -0.1) is 0 Å². The molecule has 0 bridgehead atoms. The minimum absolute atomic E-state index is 0.0522. The van der Waals surface area contributed by atoms with E-state index in [1.54, 1.807) is 4.90 Å². The fraction of sp³-hybridized carbons (Fsp3) is 0.533. The first-order chi connectivity index (χ1) is 9.20. The van der Waals surface area contributed by atoms with E-state index in [1.807, 2.05) is 38.1 Å². The molecule has 0 saturated carbocycles. The summed E-state index contributed by atoms with van der Waals surface area (Å²) >= 11 is 0. The molecule has 1 unspecified atom stereocenters. The van der Waals surface area contributed by atoms with E-state index in [2.05, 4.69) is 5.32 Å². The number of urea groups is 1. The lowest BCUT2D eigenvalue weighted by Crippen LogP contribution is -2.43. The van der Waals surface area contributed by atoms with Crippen LogP contribution in [0.25, 0.3) is 0 Å². The van der Waals surface area contributed by atoms with Crippen LogP contribution in [0.5, 0.6) is 0 Å². The number of aryl methyl sites for hydroxylation is 1. The number of nitrogens with zero attached hydrogens (tertiary/aromatic N) is 1. The molecule has 4 heteroatoms. The van der Waals surface area contributed by atoms with Gasteiger partial charge in [0.05, 0.1) is 6.10 Å². The Bertz CT molecular complexity index is 428. The number of carbonyl (C=O) groups is 1. The highest BCUT2D eigenvalue weighted by atomic mass is 16.5. The summed E-state index contributed by atoms with van der Waals surface area (Å²) in [6.45, 7) is 6.08. The number of rotatable bonds is 4. The highest BCUT2D eigenvalue weighted by molar-refractivity contribution is 5.91. The number of benzene rings is 1. The fourth-order valence-corrected chi connectivity index (χ4v) is 2.34. The highest BCUT2D eigenvalue weighted by Crippen LogP contribution is 2.16. The molecular formula is C15H22N2O2. The Kier molecular flexibility index (Phi) is 4.80. The number of ether oxygens (including phenoxy) is 1. The van der Waals surface area contributed by atoms with Gasteiger partial charge in [-0.2, -0.15) is 0 Å². The van der Waals surface area contributed by atoms with Gasteiger partial charge in [0, 0.05) is 25.4 Å². The fourth-order valence-electron chi connectivity index (χ4n) is 2.34. The second-order valence-electron chi connectivity index (χ2n) is 4.90. The van der Waals surface area contributed by atoms with E-state index in [0.29, 0.717) is 13.1 Å². The number of hydrogen-bond acceptors (Lipinski definition) is 2. The average Bonchev–Trinajstić information content (AvgIpc) is 2.90. The molecule has 0 radical (unpaired) electrons. The normalized spacial score (nSPS) is 18.3. The molecule has 1 N–H and O–H groups in total. The Labute approximate surface area is 114 Å². The van der Waals surface area contributed by atoms with Crippen LogP contribution in [0, 0.1) is 6.92 Å². The van der Waals surface area contributed by atoms with E-state index in [-0.39, 0.29) is 12.1 Å². The molecule has 1 aliphatic heterocycles. The highest BCUT2D eigenvalue weighted by Gasteiger charge is 2.19. The molecule has 1 heterocycles. The van der Waals surface area contributed by atoms with Crippen LogP contribution in [-0.4, -0.2) is 31.8 Å². The van der Waals surface area contributed by atoms with Crippen LogP contribution in [0.1, 0.15) is 25.3 Å². The second-order valence-corrected chi connectivity index (χ2v) is 4.90. The van der Waals surface area contributed by atoms with Gasteiger partial charge in [-0.3, -0.25) is 4.90 Å². The molecule has 1 atom stereocenters. The van der Waals surface area contributed by atoms with Gasteiger partial charge in [-0.1, -0.05) is 12.1 Å². The van der Waals surface area contributed by atoms with Crippen LogP contribution < -0.4 is 10.2 Å². The van der Waals surface area contributed by atoms with Crippen molar-refractivity contribution in [1.29, 1.82) is 0 Å². The Balaban J connectivity index is 1.94. The van der Waals surface area contributed by atoms with Crippen molar-refractivity contribution in [2.24, 2.45) is 0 Å². The van der Waals surface area contributed by atoms with Gasteiger partial charge >= 0.3 is 6.03 Å². The summed E-state index contributed by atoms with van der Waals surface area (Å²) in [4.78, 5) is 14.0. The van der Waals surface area contributed by atoms with Crippen LogP contribution in [0.4, 0.5) is 10.5 Å². The molecule has 2 amide bonds. The van der Waals surface area contributed by atoms with E-state index in [4.69, 9.17) is 4.74 Å². The van der Waals surface area contributed by atoms with Crippen molar-refractivity contribution in [2.75, 3.05) is 24.6 Å². The molecule has 0 aromatic heterocycles. The summed E-state index contributed by atoms with van der Waals surface area (Å²) in [5.74, 6) is 0. The monoisotopic (exact) mass is 262 g/mol. The molecule has 2 rings (SSSR count). The van der Waals surface area contributed by atoms with E-state index >= 15 is 0 Å². The van der Waals surface area contributed by atoms with E-state index in [0.717, 1.165) is 30.7 Å². The predicted molar refractivity (Wildman–Crippen MR) is 76.6 cm³/mol. The van der Waals surface area contributed by atoms with Crippen molar-refractivity contribution in [3.63, 3.8) is 0 Å². The third-order valence-electron chi connectivity index (χ3n) is 3.38. The first-order valence-corrected chi connectivity index (χ1v) is 6.94. The summed E-state index contributed by atoms with van der Waals surface area (Å²) in [5.41, 5.74) is 2.09. The number of amides is 2. The van der Waals surface area contributed by atoms with E-state index in [1.165, 1.54) is 0 Å². The number of carbonyl (C=O) groups excluding carboxylic acids is 1. The molecule has 104 valence electrons. The molecule has 1 fully saturated rings. The Morgan fingerprint density at radius 3 is 3.00 bits per heavy atom. The van der Waals surface area contributed by atoms with Crippen LogP contribution >= 0.6 is 0 Å². The molecule has 1 aliphatic rings. The van der Waals surface area contributed by atoms with Crippen molar-refractivity contribution >= 4 is 11.7 Å². The average molecular weight is 262 g/mol. The van der Waals surface area contributed by atoms with Crippen LogP contribution in [0.3, 0.4) is 0 Å². The summed E-state index contributed by atoms with van der Waals surface area (Å²) in [6, 6.07) is 7.93. The number of nitrogens with one attached hydrogen (secondary N) is 1. The van der Waals surface area contributed by atoms with Gasteiger partial charge in [0.2, 0.25) is 0 Å². The maximum absolute atomic E-state index is 12.2. The third kappa shape index (κ3) is 3.70. The van der Waals surface area contributed by atoms with Gasteiger partial charge in [0.15, 0.2) is 0 Å². The Morgan fingerprint density at radius 2 is 2.37 bits per heavy atom. The topological polar surface area (TPSA) is 41.6 Å². The van der Waals surface area contributed by atoms with E-state index < -0.39 is 0 Å². The van der Waals surface area contributed by atoms with Crippen molar-refractivity contribution in [1.82, 2.24) is 5.32 Å². The molecule has 0 aliphatic carbocycles. The zero-order valence-electron chi connectivity index (χ0n) is 11.7. The zero-order chi connectivity index (χ0) is 13.7. The largest absolute Gasteiger partial charge is 0.376 e. The van der Waals surface area contributed by atoms with Gasteiger partial charge in [-0.25, -0.2) is 4.79 Å². The van der Waals surface area contributed by atoms with Gasteiger partial charge < -0.3 is 10.1 Å². The standard InChI is InChI=1S/C15H22N2O2/c1-3-17(13-7-4-6-12(2)10-13)15(18)16-11-14-8-5-9-19-14/h4,6-7,10,14H,3,5,8-9,11H2,1-2H3,(H,16,18). The molecule has 1 aromatic carbocycles. The van der Waals surface area contributed by atoms with Crippen molar-refractivity contribution in [2.45, 2.75) is 32.8 Å². The molecule has 4 nitrogen and oxygen atoms in total. The Morgan fingerprint density at radius 1 is 1.53 bits per heavy atom. The number of anilines is 1. The van der Waals surface area contributed by atoms with Crippen molar-refractivity contribution in [3.05, 3.63) is 29.8 Å². The second kappa shape index (κ2) is 6.57. The maximum atomic E-state index is 12.2. The van der Waals surface area contributed by atoms with Crippen molar-refractivity contribution < 1.29 is 9.53 Å². The van der Waals surface area contributed by atoms with Gasteiger partial charge in [-0.05, 0) is 44.4 Å². The smallest absolute Gasteiger partial charge is 0.321 e. The molecule has 1 aromatic rings. The molecular weight excluding hydrogens is 240 g/mol. The molecule has 0 spiro atoms. The summed E-state index contributed by atoms with van der Waals surface area (Å²) in [5, 5.41) is 2.96. The first kappa shape index (κ1) is 13.9. The lowest BCUT2D eigenvalue weighted by Gasteiger charge is -2.22. The zero-order valence-corrected chi connectivity index (χ0v) is 11.7. The number of hydrogen-bond donors (Lipinski definition) is 1. The van der Waals surface area contributed by atoms with Crippen molar-refractivity contribution in [3.8, 4) is 0 Å². The summed E-state index contributed by atoms with van der Waals surface area (Å²) < 4.78 is 5.51. The minimum Gasteiger partial charge on any atom is -0.376 e. The Hall–Kier alpha value is -1.55. The lowest BCUT2D eigenvalue weighted by atomic mass is 10.2. The lowest BCUT2D eigenvalue weighted by molar-refractivity contribution is 0.111. The minimum atomic E-state index is -0.0522. The first-order valence-electron chi connectivity index (χ1n) is 6.94. The van der Waals surface area contributed by atoms with Crippen LogP contribution in [-0.2, 0) is 4.74 Å². The van der Waals surface area contributed by atoms with Crippen LogP contribution in [0.15, 0.2) is 24.3 Å². The van der Waals surface area contributed by atoms with Gasteiger partial charge in [0.25, 0.3) is 0 Å². The van der Waals surface area contributed by atoms with Crippen LogP contribution in [0.2, 0.25) is 0 Å². The SMILES string of the molecule is CCN(C(=O)NCC1CCCO1)c1cccc(C)c1. The summed E-state index contributed by atoms with van der Waals surface area (Å²) in [6.07, 6.45) is 2.31. The van der Waals surface area contributed by atoms with Gasteiger partial charge in [0.1, 0.15) is 0 Å². The molecule has 1 saturated heterocycles. The summed E-state index contributed by atoms with van der Waals surface area (Å²) in [7, 11) is 0. The quantitative estimate of drug-likeness (QED) is 0.906. The maximum Gasteiger partial charge on any atom is 0.321 e. The predicted octanol–water partition coefficient (Wildman–Crippen LogP) is 2.71. The third-order valence-corrected chi connectivity index (χ3v) is 3.38.